The second kappa shape index (κ2) is 12.2. The highest BCUT2D eigenvalue weighted by Gasteiger charge is 2.43. The SMILES string of the molecule is Fc1ccc(-c2ccc(CC3(Cc4ccc(-c5ccccc5)cc4)c4c(ccc5ccccc45)Sc4ccc5ccccc5c43)cc2)cc1. The zero-order valence-electron chi connectivity index (χ0n) is 26.9. The van der Waals surface area contributed by atoms with E-state index in [4.69, 9.17) is 0 Å². The van der Waals surface area contributed by atoms with Crippen molar-refractivity contribution in [3.05, 3.63) is 204 Å². The Morgan fingerprint density at radius 1 is 0.388 bits per heavy atom. The molecule has 0 N–H and O–H groups in total. The molecule has 0 atom stereocenters. The van der Waals surface area contributed by atoms with Crippen LogP contribution in [-0.4, -0.2) is 0 Å². The van der Waals surface area contributed by atoms with E-state index in [1.807, 2.05) is 23.9 Å². The lowest BCUT2D eigenvalue weighted by atomic mass is 9.64. The smallest absolute Gasteiger partial charge is 0.123 e. The van der Waals surface area contributed by atoms with Crippen molar-refractivity contribution in [1.82, 2.24) is 0 Å². The largest absolute Gasteiger partial charge is 0.207 e. The zero-order valence-corrected chi connectivity index (χ0v) is 27.8. The molecule has 234 valence electrons. The van der Waals surface area contributed by atoms with Crippen molar-refractivity contribution in [2.75, 3.05) is 0 Å². The molecule has 0 saturated heterocycles. The number of hydrogen-bond donors (Lipinski definition) is 0. The Morgan fingerprint density at radius 3 is 1.29 bits per heavy atom. The second-order valence-electron chi connectivity index (χ2n) is 13.1. The maximum Gasteiger partial charge on any atom is 0.123 e. The van der Waals surface area contributed by atoms with E-state index < -0.39 is 0 Å². The molecule has 1 aliphatic rings. The molecule has 49 heavy (non-hydrogen) atoms. The number of hydrogen-bond acceptors (Lipinski definition) is 1. The van der Waals surface area contributed by atoms with Crippen LogP contribution in [0.25, 0.3) is 43.8 Å². The molecule has 0 saturated carbocycles. The van der Waals surface area contributed by atoms with Crippen LogP contribution in [0.5, 0.6) is 0 Å². The van der Waals surface area contributed by atoms with Gasteiger partial charge in [-0.25, -0.2) is 4.39 Å². The maximum absolute atomic E-state index is 13.7. The number of benzene rings is 8. The molecule has 1 heterocycles. The molecule has 0 aliphatic carbocycles. The summed E-state index contributed by atoms with van der Waals surface area (Å²) in [5.74, 6) is -0.217. The lowest BCUT2D eigenvalue weighted by Crippen LogP contribution is -2.36. The molecule has 1 aliphatic heterocycles. The minimum Gasteiger partial charge on any atom is -0.207 e. The van der Waals surface area contributed by atoms with Crippen molar-refractivity contribution in [3.63, 3.8) is 0 Å². The summed E-state index contributed by atoms with van der Waals surface area (Å²) in [6.45, 7) is 0. The van der Waals surface area contributed by atoms with Crippen molar-refractivity contribution >= 4 is 33.3 Å². The van der Waals surface area contributed by atoms with Crippen LogP contribution in [0.2, 0.25) is 0 Å². The summed E-state index contributed by atoms with van der Waals surface area (Å²) >= 11 is 1.91. The Kier molecular flexibility index (Phi) is 7.40. The molecule has 9 rings (SSSR count). The Bertz CT molecular complexity index is 2360. The lowest BCUT2D eigenvalue weighted by Gasteiger charge is -2.43. The average molecular weight is 649 g/mol. The van der Waals surface area contributed by atoms with Crippen LogP contribution in [0, 0.1) is 5.82 Å². The van der Waals surface area contributed by atoms with E-state index in [0.29, 0.717) is 0 Å². The summed E-state index contributed by atoms with van der Waals surface area (Å²) in [7, 11) is 0. The van der Waals surface area contributed by atoms with Gasteiger partial charge in [-0.15, -0.1) is 0 Å². The van der Waals surface area contributed by atoms with Gasteiger partial charge >= 0.3 is 0 Å². The van der Waals surface area contributed by atoms with Gasteiger partial charge in [-0.1, -0.05) is 163 Å². The predicted octanol–water partition coefficient (Wildman–Crippen LogP) is 12.7. The quantitative estimate of drug-likeness (QED) is 0.173. The van der Waals surface area contributed by atoms with Crippen LogP contribution in [-0.2, 0) is 18.3 Å². The van der Waals surface area contributed by atoms with Gasteiger partial charge in [-0.3, -0.25) is 0 Å². The van der Waals surface area contributed by atoms with Crippen molar-refractivity contribution in [2.24, 2.45) is 0 Å². The minimum atomic E-state index is -0.358. The third kappa shape index (κ3) is 5.33. The van der Waals surface area contributed by atoms with Crippen LogP contribution in [0.15, 0.2) is 186 Å². The predicted molar refractivity (Wildman–Crippen MR) is 204 cm³/mol. The Labute approximate surface area is 290 Å². The molecule has 2 heteroatoms. The molecule has 0 spiro atoms. The highest BCUT2D eigenvalue weighted by molar-refractivity contribution is 7.99. The van der Waals surface area contributed by atoms with Crippen molar-refractivity contribution < 1.29 is 4.39 Å². The molecule has 0 nitrogen and oxygen atoms in total. The van der Waals surface area contributed by atoms with Gasteiger partial charge in [0.05, 0.1) is 0 Å². The summed E-state index contributed by atoms with van der Waals surface area (Å²) < 4.78 is 13.7. The van der Waals surface area contributed by atoms with Gasteiger partial charge in [0.25, 0.3) is 0 Å². The Balaban J connectivity index is 1.27. The van der Waals surface area contributed by atoms with E-state index in [1.54, 1.807) is 0 Å². The lowest BCUT2D eigenvalue weighted by molar-refractivity contribution is 0.494. The molecular formula is C47H33FS. The van der Waals surface area contributed by atoms with Gasteiger partial charge in [0, 0.05) is 15.2 Å². The van der Waals surface area contributed by atoms with E-state index in [1.165, 1.54) is 76.8 Å². The molecule has 0 bridgehead atoms. The first-order chi connectivity index (χ1) is 24.1. The molecule has 8 aromatic rings. The van der Waals surface area contributed by atoms with E-state index in [-0.39, 0.29) is 11.2 Å². The van der Waals surface area contributed by atoms with Gasteiger partial charge in [0.1, 0.15) is 5.82 Å². The van der Waals surface area contributed by atoms with Crippen LogP contribution >= 0.6 is 11.8 Å². The van der Waals surface area contributed by atoms with E-state index in [0.717, 1.165) is 24.0 Å². The third-order valence-corrected chi connectivity index (χ3v) is 11.3. The third-order valence-electron chi connectivity index (χ3n) is 10.2. The molecule has 0 radical (unpaired) electrons. The highest BCUT2D eigenvalue weighted by Crippen LogP contribution is 2.56. The zero-order chi connectivity index (χ0) is 32.8. The fourth-order valence-electron chi connectivity index (χ4n) is 7.92. The van der Waals surface area contributed by atoms with Gasteiger partial charge in [0.2, 0.25) is 0 Å². The second-order valence-corrected chi connectivity index (χ2v) is 14.2. The molecule has 0 unspecified atom stereocenters. The Morgan fingerprint density at radius 2 is 0.796 bits per heavy atom. The summed E-state index contributed by atoms with van der Waals surface area (Å²) in [5.41, 5.74) is 9.61. The van der Waals surface area contributed by atoms with Gasteiger partial charge in [-0.2, -0.15) is 0 Å². The highest BCUT2D eigenvalue weighted by atomic mass is 32.2. The van der Waals surface area contributed by atoms with E-state index >= 15 is 0 Å². The van der Waals surface area contributed by atoms with Crippen LogP contribution in [0.3, 0.4) is 0 Å². The van der Waals surface area contributed by atoms with Crippen molar-refractivity contribution in [3.8, 4) is 22.3 Å². The van der Waals surface area contributed by atoms with Crippen LogP contribution in [0.4, 0.5) is 4.39 Å². The number of fused-ring (bicyclic) bond motifs is 6. The van der Waals surface area contributed by atoms with Crippen molar-refractivity contribution in [1.29, 1.82) is 0 Å². The van der Waals surface area contributed by atoms with E-state index in [2.05, 4.69) is 152 Å². The molecule has 0 aromatic heterocycles. The van der Waals surface area contributed by atoms with Crippen molar-refractivity contribution in [2.45, 2.75) is 28.0 Å². The summed E-state index contributed by atoms with van der Waals surface area (Å²) in [5, 5.41) is 5.16. The first-order valence-corrected chi connectivity index (χ1v) is 17.7. The number of rotatable bonds is 6. The normalized spacial score (nSPS) is 13.2. The molecule has 8 aromatic carbocycles. The standard InChI is InChI=1S/C47H33FS/c48-40-26-22-37(23-27-40)36-20-16-33(17-21-36)31-47(30-32-14-18-35(19-15-32)34-8-2-1-3-9-34)45-41-12-6-4-10-38(41)24-28-43(45)49-44-29-25-39-11-5-7-13-42(39)46(44)47/h1-29H,30-31H2. The first kappa shape index (κ1) is 29.7. The summed E-state index contributed by atoms with van der Waals surface area (Å²) in [6.07, 6.45) is 1.68. The first-order valence-electron chi connectivity index (χ1n) is 16.9. The Hall–Kier alpha value is -5.44. The summed E-state index contributed by atoms with van der Waals surface area (Å²) in [6, 6.07) is 62.6. The fourth-order valence-corrected chi connectivity index (χ4v) is 9.24. The average Bonchev–Trinajstić information content (AvgIpc) is 3.16. The fraction of sp³-hybridized carbons (Fsp3) is 0.0638. The maximum atomic E-state index is 13.7. The number of halogens is 1. The molecular weight excluding hydrogens is 616 g/mol. The molecule has 0 amide bonds. The summed E-state index contributed by atoms with van der Waals surface area (Å²) in [4.78, 5) is 2.65. The molecule has 0 fully saturated rings. The van der Waals surface area contributed by atoms with Gasteiger partial charge in [-0.05, 0) is 103 Å². The monoisotopic (exact) mass is 648 g/mol. The van der Waals surface area contributed by atoms with E-state index in [9.17, 15) is 4.39 Å². The minimum absolute atomic E-state index is 0.217. The van der Waals surface area contributed by atoms with Gasteiger partial charge < -0.3 is 0 Å². The topological polar surface area (TPSA) is 0 Å². The van der Waals surface area contributed by atoms with Crippen LogP contribution in [0.1, 0.15) is 22.3 Å². The van der Waals surface area contributed by atoms with Crippen LogP contribution < -0.4 is 0 Å². The van der Waals surface area contributed by atoms with Gasteiger partial charge in [0.15, 0.2) is 0 Å².